The van der Waals surface area contributed by atoms with E-state index in [1.165, 1.54) is 0 Å². The maximum Gasteiger partial charge on any atom is 0.308 e. The van der Waals surface area contributed by atoms with Gasteiger partial charge in [-0.3, -0.25) is 4.79 Å². The first-order valence-corrected chi connectivity index (χ1v) is 5.78. The molecule has 1 aromatic rings. The van der Waals surface area contributed by atoms with E-state index < -0.39 is 11.9 Å². The van der Waals surface area contributed by atoms with Crippen molar-refractivity contribution < 1.29 is 14.6 Å². The Balaban J connectivity index is 2.29. The molecule has 94 valence electrons. The molecule has 0 aromatic heterocycles. The molecule has 0 spiro atoms. The van der Waals surface area contributed by atoms with Gasteiger partial charge in [-0.25, -0.2) is 0 Å². The molecule has 1 aromatic carbocycles. The van der Waals surface area contributed by atoms with Gasteiger partial charge in [0.2, 0.25) is 0 Å². The van der Waals surface area contributed by atoms with Crippen LogP contribution < -0.4 is 5.73 Å². The third kappa shape index (κ3) is 5.47. The van der Waals surface area contributed by atoms with Crippen LogP contribution in [0.1, 0.15) is 18.4 Å². The van der Waals surface area contributed by atoms with Gasteiger partial charge >= 0.3 is 5.97 Å². The highest BCUT2D eigenvalue weighted by Gasteiger charge is 2.16. The highest BCUT2D eigenvalue weighted by Crippen LogP contribution is 2.09. The van der Waals surface area contributed by atoms with Crippen molar-refractivity contribution in [3.8, 4) is 0 Å². The van der Waals surface area contributed by atoms with E-state index in [1.807, 2.05) is 30.3 Å². The molecule has 0 aliphatic carbocycles. The Bertz CT molecular complexity index is 327. The van der Waals surface area contributed by atoms with Gasteiger partial charge in [-0.2, -0.15) is 0 Å². The molecule has 0 saturated heterocycles. The zero-order valence-electron chi connectivity index (χ0n) is 9.84. The molecule has 0 amide bonds. The summed E-state index contributed by atoms with van der Waals surface area (Å²) in [5, 5.41) is 8.98. The molecule has 4 heteroatoms. The summed E-state index contributed by atoms with van der Waals surface area (Å²) < 4.78 is 5.42. The molecule has 17 heavy (non-hydrogen) atoms. The Morgan fingerprint density at radius 1 is 1.35 bits per heavy atom. The molecule has 0 bridgehead atoms. The zero-order valence-corrected chi connectivity index (χ0v) is 9.84. The molecular weight excluding hydrogens is 218 g/mol. The number of rotatable bonds is 8. The van der Waals surface area contributed by atoms with Crippen molar-refractivity contribution in [2.75, 3.05) is 13.2 Å². The third-order valence-electron chi connectivity index (χ3n) is 2.54. The number of benzene rings is 1. The lowest BCUT2D eigenvalue weighted by molar-refractivity contribution is -0.144. The van der Waals surface area contributed by atoms with Gasteiger partial charge in [0.15, 0.2) is 0 Å². The summed E-state index contributed by atoms with van der Waals surface area (Å²) in [6, 6.07) is 9.71. The van der Waals surface area contributed by atoms with E-state index >= 15 is 0 Å². The minimum atomic E-state index is -0.813. The average molecular weight is 237 g/mol. The molecule has 1 atom stereocenters. The fraction of sp³-hybridized carbons (Fsp3) is 0.462. The van der Waals surface area contributed by atoms with Gasteiger partial charge in [-0.1, -0.05) is 30.3 Å². The largest absolute Gasteiger partial charge is 0.481 e. The molecule has 0 heterocycles. The SMILES string of the molecule is NCCCC(COCc1ccccc1)C(=O)O. The summed E-state index contributed by atoms with van der Waals surface area (Å²) in [4.78, 5) is 10.9. The predicted octanol–water partition coefficient (Wildman–Crippen LogP) is 1.64. The summed E-state index contributed by atoms with van der Waals surface area (Å²) in [6.45, 7) is 1.21. The summed E-state index contributed by atoms with van der Waals surface area (Å²) in [5.74, 6) is -1.27. The summed E-state index contributed by atoms with van der Waals surface area (Å²) in [5.41, 5.74) is 6.41. The number of aliphatic carboxylic acids is 1. The second-order valence-corrected chi connectivity index (χ2v) is 3.97. The maximum absolute atomic E-state index is 10.9. The smallest absolute Gasteiger partial charge is 0.308 e. The molecule has 4 nitrogen and oxygen atoms in total. The number of hydrogen-bond donors (Lipinski definition) is 2. The average Bonchev–Trinajstić information content (AvgIpc) is 2.34. The lowest BCUT2D eigenvalue weighted by atomic mass is 10.0. The molecule has 3 N–H and O–H groups in total. The Hall–Kier alpha value is -1.39. The Morgan fingerprint density at radius 3 is 2.65 bits per heavy atom. The Kier molecular flexibility index (Phi) is 6.29. The molecule has 0 aliphatic rings. The first kappa shape index (κ1) is 13.7. The normalized spacial score (nSPS) is 12.3. The van der Waals surface area contributed by atoms with E-state index in [2.05, 4.69) is 0 Å². The molecular formula is C13H19NO3. The van der Waals surface area contributed by atoms with Gasteiger partial charge in [0.05, 0.1) is 19.1 Å². The van der Waals surface area contributed by atoms with Gasteiger partial charge in [0, 0.05) is 0 Å². The summed E-state index contributed by atoms with van der Waals surface area (Å²) >= 11 is 0. The van der Waals surface area contributed by atoms with Crippen molar-refractivity contribution in [2.24, 2.45) is 11.7 Å². The van der Waals surface area contributed by atoms with Crippen molar-refractivity contribution in [2.45, 2.75) is 19.4 Å². The maximum atomic E-state index is 10.9. The topological polar surface area (TPSA) is 72.5 Å². The van der Waals surface area contributed by atoms with E-state index in [1.54, 1.807) is 0 Å². The molecule has 0 saturated carbocycles. The standard InChI is InChI=1S/C13H19NO3/c14-8-4-7-12(13(15)16)10-17-9-11-5-2-1-3-6-11/h1-3,5-6,12H,4,7-10,14H2,(H,15,16). The minimum absolute atomic E-state index is 0.240. The second kappa shape index (κ2) is 7.81. The fourth-order valence-corrected chi connectivity index (χ4v) is 1.54. The molecule has 0 fully saturated rings. The van der Waals surface area contributed by atoms with E-state index in [9.17, 15) is 4.79 Å². The van der Waals surface area contributed by atoms with Crippen molar-refractivity contribution in [1.82, 2.24) is 0 Å². The predicted molar refractivity (Wildman–Crippen MR) is 65.5 cm³/mol. The van der Waals surface area contributed by atoms with Crippen LogP contribution in [0.25, 0.3) is 0 Å². The summed E-state index contributed by atoms with van der Waals surface area (Å²) in [6.07, 6.45) is 1.28. The third-order valence-corrected chi connectivity index (χ3v) is 2.54. The number of carbonyl (C=O) groups is 1. The van der Waals surface area contributed by atoms with Gasteiger partial charge in [0.1, 0.15) is 0 Å². The number of carboxylic acid groups (broad SMARTS) is 1. The Morgan fingerprint density at radius 2 is 2.06 bits per heavy atom. The van der Waals surface area contributed by atoms with Crippen molar-refractivity contribution >= 4 is 5.97 Å². The van der Waals surface area contributed by atoms with Crippen LogP contribution in [-0.4, -0.2) is 24.2 Å². The number of hydrogen-bond acceptors (Lipinski definition) is 3. The highest BCUT2D eigenvalue weighted by atomic mass is 16.5. The zero-order chi connectivity index (χ0) is 12.5. The first-order valence-electron chi connectivity index (χ1n) is 5.78. The van der Waals surface area contributed by atoms with E-state index in [0.717, 1.165) is 5.56 Å². The van der Waals surface area contributed by atoms with E-state index in [0.29, 0.717) is 26.0 Å². The highest BCUT2D eigenvalue weighted by molar-refractivity contribution is 5.70. The van der Waals surface area contributed by atoms with E-state index in [-0.39, 0.29) is 6.61 Å². The van der Waals surface area contributed by atoms with Crippen LogP contribution in [0.15, 0.2) is 30.3 Å². The molecule has 0 radical (unpaired) electrons. The van der Waals surface area contributed by atoms with Crippen molar-refractivity contribution in [3.05, 3.63) is 35.9 Å². The lowest BCUT2D eigenvalue weighted by Gasteiger charge is -2.12. The summed E-state index contributed by atoms with van der Waals surface area (Å²) in [7, 11) is 0. The van der Waals surface area contributed by atoms with E-state index in [4.69, 9.17) is 15.6 Å². The van der Waals surface area contributed by atoms with Gasteiger partial charge < -0.3 is 15.6 Å². The van der Waals surface area contributed by atoms with Gasteiger partial charge in [-0.05, 0) is 24.9 Å². The van der Waals surface area contributed by atoms with Crippen LogP contribution in [0.5, 0.6) is 0 Å². The van der Waals surface area contributed by atoms with Crippen molar-refractivity contribution in [1.29, 1.82) is 0 Å². The lowest BCUT2D eigenvalue weighted by Crippen LogP contribution is -2.20. The number of carboxylic acids is 1. The second-order valence-electron chi connectivity index (χ2n) is 3.97. The number of nitrogens with two attached hydrogens (primary N) is 1. The minimum Gasteiger partial charge on any atom is -0.481 e. The van der Waals surface area contributed by atoms with Crippen LogP contribution in [0.2, 0.25) is 0 Å². The molecule has 0 aliphatic heterocycles. The fourth-order valence-electron chi connectivity index (χ4n) is 1.54. The molecule has 1 unspecified atom stereocenters. The first-order chi connectivity index (χ1) is 8.24. The van der Waals surface area contributed by atoms with Crippen LogP contribution in [-0.2, 0) is 16.1 Å². The van der Waals surface area contributed by atoms with Crippen molar-refractivity contribution in [3.63, 3.8) is 0 Å². The van der Waals surface area contributed by atoms with Gasteiger partial charge in [-0.15, -0.1) is 0 Å². The monoisotopic (exact) mass is 237 g/mol. The van der Waals surface area contributed by atoms with Crippen LogP contribution >= 0.6 is 0 Å². The van der Waals surface area contributed by atoms with Crippen LogP contribution in [0.4, 0.5) is 0 Å². The van der Waals surface area contributed by atoms with Crippen LogP contribution in [0, 0.1) is 5.92 Å². The number of ether oxygens (including phenoxy) is 1. The Labute approximate surface area is 101 Å². The van der Waals surface area contributed by atoms with Gasteiger partial charge in [0.25, 0.3) is 0 Å². The van der Waals surface area contributed by atoms with Crippen LogP contribution in [0.3, 0.4) is 0 Å². The molecule has 1 rings (SSSR count). The quantitative estimate of drug-likeness (QED) is 0.721.